The molecule has 0 radical (unpaired) electrons. The van der Waals surface area contributed by atoms with Crippen LogP contribution in [0.5, 0.6) is 0 Å². The van der Waals surface area contributed by atoms with Crippen molar-refractivity contribution in [3.63, 3.8) is 0 Å². The Morgan fingerprint density at radius 3 is 2.96 bits per heavy atom. The Kier molecular flexibility index (Phi) is 4.99. The number of nitrogens with zero attached hydrogens (tertiary/aromatic N) is 2. The first kappa shape index (κ1) is 19.1. The molecule has 3 atom stereocenters. The monoisotopic (exact) mass is 405 g/mol. The molecule has 0 saturated heterocycles. The van der Waals surface area contributed by atoms with E-state index in [1.165, 1.54) is 4.57 Å². The maximum Gasteiger partial charge on any atom is 0.311 e. The van der Waals surface area contributed by atoms with Crippen molar-refractivity contribution in [2.75, 3.05) is 5.75 Å². The number of hydrogen-bond donors (Lipinski definition) is 1. The van der Waals surface area contributed by atoms with Crippen LogP contribution < -0.4 is 5.32 Å². The quantitative estimate of drug-likeness (QED) is 0.576. The maximum atomic E-state index is 14.5. The summed E-state index contributed by atoms with van der Waals surface area (Å²) in [6, 6.07) is 4.72. The molecule has 4 rings (SSSR count). The summed E-state index contributed by atoms with van der Waals surface area (Å²) in [5.41, 5.74) is 1.07. The molecule has 0 spiro atoms. The molecule has 1 amide bonds. The van der Waals surface area contributed by atoms with Crippen LogP contribution >= 0.6 is 11.8 Å². The Morgan fingerprint density at radius 1 is 1.36 bits per heavy atom. The largest absolute Gasteiger partial charge is 0.348 e. The summed E-state index contributed by atoms with van der Waals surface area (Å²) < 4.78 is 30.3. The first-order valence-corrected chi connectivity index (χ1v) is 10.3. The highest BCUT2D eigenvalue weighted by Gasteiger charge is 2.42. The van der Waals surface area contributed by atoms with Gasteiger partial charge in [0.1, 0.15) is 5.65 Å². The van der Waals surface area contributed by atoms with E-state index in [0.29, 0.717) is 34.8 Å². The van der Waals surface area contributed by atoms with Crippen LogP contribution in [0.15, 0.2) is 30.4 Å². The number of thioether (sulfide) groups is 1. The Morgan fingerprint density at radius 2 is 2.18 bits per heavy atom. The molecule has 148 valence electrons. The van der Waals surface area contributed by atoms with Crippen molar-refractivity contribution in [3.05, 3.63) is 41.7 Å². The molecule has 0 unspecified atom stereocenters. The maximum absolute atomic E-state index is 14.5. The molecule has 1 aliphatic heterocycles. The molecular formula is C20H21F2N3O2S. The van der Waals surface area contributed by atoms with E-state index in [0.717, 1.165) is 12.8 Å². The third-order valence-corrected chi connectivity index (χ3v) is 6.23. The summed E-state index contributed by atoms with van der Waals surface area (Å²) in [7, 11) is 0. The summed E-state index contributed by atoms with van der Waals surface area (Å²) in [6.07, 6.45) is 5.72. The van der Waals surface area contributed by atoms with Crippen LogP contribution in [0.25, 0.3) is 11.0 Å². The van der Waals surface area contributed by atoms with E-state index in [9.17, 15) is 18.4 Å². The zero-order valence-corrected chi connectivity index (χ0v) is 16.2. The zero-order valence-electron chi connectivity index (χ0n) is 15.4. The lowest BCUT2D eigenvalue weighted by Gasteiger charge is -2.18. The van der Waals surface area contributed by atoms with Gasteiger partial charge in [0.25, 0.3) is 0 Å². The van der Waals surface area contributed by atoms with Gasteiger partial charge in [-0.05, 0) is 43.9 Å². The fourth-order valence-corrected chi connectivity index (χ4v) is 4.33. The van der Waals surface area contributed by atoms with Gasteiger partial charge >= 0.3 is 5.25 Å². The van der Waals surface area contributed by atoms with Gasteiger partial charge in [-0.3, -0.25) is 9.59 Å². The van der Waals surface area contributed by atoms with Crippen molar-refractivity contribution in [3.8, 4) is 0 Å². The zero-order chi connectivity index (χ0) is 19.9. The van der Waals surface area contributed by atoms with Crippen molar-refractivity contribution in [2.24, 2.45) is 11.8 Å². The van der Waals surface area contributed by atoms with Crippen molar-refractivity contribution < 1.29 is 18.4 Å². The highest BCUT2D eigenvalue weighted by Crippen LogP contribution is 2.42. The fourth-order valence-electron chi connectivity index (χ4n) is 3.63. The Balaban J connectivity index is 1.74. The highest BCUT2D eigenvalue weighted by atomic mass is 32.2. The van der Waals surface area contributed by atoms with Gasteiger partial charge in [0.2, 0.25) is 5.91 Å². The summed E-state index contributed by atoms with van der Waals surface area (Å²) in [5, 5.41) is 0.557. The number of aromatic nitrogens is 2. The van der Waals surface area contributed by atoms with Gasteiger partial charge in [0.15, 0.2) is 6.29 Å². The number of amides is 1. The molecule has 3 heterocycles. The second-order valence-electron chi connectivity index (χ2n) is 7.41. The lowest BCUT2D eigenvalue weighted by molar-refractivity contribution is -0.123. The molecule has 2 aliphatic rings. The molecule has 1 fully saturated rings. The number of alkyl halides is 2. The number of nitrogens with one attached hydrogen (secondary N) is 1. The van der Waals surface area contributed by atoms with Crippen molar-refractivity contribution in [1.29, 1.82) is 0 Å². The third-order valence-electron chi connectivity index (χ3n) is 5.32. The molecule has 1 aliphatic carbocycles. The van der Waals surface area contributed by atoms with Crippen molar-refractivity contribution >= 4 is 35.0 Å². The molecule has 0 aromatic carbocycles. The lowest BCUT2D eigenvalue weighted by atomic mass is 10.1. The summed E-state index contributed by atoms with van der Waals surface area (Å²) in [5.74, 6) is 0.430. The number of allylic oxidation sites excluding steroid dienone is 1. The van der Waals surface area contributed by atoms with E-state index in [1.807, 2.05) is 13.0 Å². The molecule has 1 N–H and O–H groups in total. The first-order chi connectivity index (χ1) is 13.4. The average molecular weight is 405 g/mol. The Labute approximate surface area is 165 Å². The molecule has 2 aromatic rings. The number of hydrogen-bond acceptors (Lipinski definition) is 4. The number of aldehydes is 1. The van der Waals surface area contributed by atoms with E-state index >= 15 is 0 Å². The van der Waals surface area contributed by atoms with Crippen LogP contribution in [0.4, 0.5) is 8.78 Å². The number of carbonyl (C=O) groups excluding carboxylic acids is 2. The SMILES string of the molecule is C[C@H]1NC(=O)[C@@H]2C[C@H]2C/C=C\CSC(F)(F)Cn2c(C=O)cc3ccc1nc32. The Bertz CT molecular complexity index is 956. The second kappa shape index (κ2) is 7.31. The predicted molar refractivity (Wildman–Crippen MR) is 104 cm³/mol. The minimum absolute atomic E-state index is 0.00441. The van der Waals surface area contributed by atoms with Gasteiger partial charge in [-0.2, -0.15) is 8.78 Å². The van der Waals surface area contributed by atoms with E-state index in [4.69, 9.17) is 0 Å². The van der Waals surface area contributed by atoms with Crippen LogP contribution in [-0.4, -0.2) is 32.8 Å². The van der Waals surface area contributed by atoms with Crippen LogP contribution in [0.2, 0.25) is 0 Å². The summed E-state index contributed by atoms with van der Waals surface area (Å²) in [4.78, 5) is 28.4. The van der Waals surface area contributed by atoms with Gasteiger partial charge in [-0.1, -0.05) is 23.9 Å². The van der Waals surface area contributed by atoms with E-state index in [-0.39, 0.29) is 35.2 Å². The first-order valence-electron chi connectivity index (χ1n) is 9.30. The normalized spacial score (nSPS) is 28.5. The molecule has 1 saturated carbocycles. The van der Waals surface area contributed by atoms with Gasteiger partial charge in [-0.15, -0.1) is 0 Å². The second-order valence-corrected chi connectivity index (χ2v) is 8.63. The number of halogens is 2. The topological polar surface area (TPSA) is 64.0 Å². The van der Waals surface area contributed by atoms with Crippen LogP contribution in [0, 0.1) is 11.8 Å². The standard InChI is InChI=1S/C20H21F2N3O2S/c1-12-17-6-5-14-8-15(10-26)25(18(14)24-17)11-20(21,22)28-7-3-2-4-13-9-16(13)19(27)23-12/h2-3,5-6,8,10,12-13,16H,4,7,9,11H2,1H3,(H,23,27)/b3-2-/t12-,13-,16-/m1/s1. The van der Waals surface area contributed by atoms with E-state index < -0.39 is 11.8 Å². The number of rotatable bonds is 1. The average Bonchev–Trinajstić information content (AvgIpc) is 3.35. The van der Waals surface area contributed by atoms with Gasteiger partial charge < -0.3 is 9.88 Å². The Hall–Kier alpha value is -2.22. The van der Waals surface area contributed by atoms with Crippen LogP contribution in [0.3, 0.4) is 0 Å². The fraction of sp³-hybridized carbons (Fsp3) is 0.450. The van der Waals surface area contributed by atoms with Crippen LogP contribution in [0.1, 0.15) is 42.0 Å². The smallest absolute Gasteiger partial charge is 0.311 e. The lowest BCUT2D eigenvalue weighted by Crippen LogP contribution is -2.29. The van der Waals surface area contributed by atoms with E-state index in [1.54, 1.807) is 24.3 Å². The molecule has 2 aromatic heterocycles. The van der Waals surface area contributed by atoms with Crippen molar-refractivity contribution in [1.82, 2.24) is 14.9 Å². The minimum atomic E-state index is -3.04. The number of carbonyl (C=O) groups is 2. The minimum Gasteiger partial charge on any atom is -0.348 e. The van der Waals surface area contributed by atoms with Crippen LogP contribution in [-0.2, 0) is 11.3 Å². The van der Waals surface area contributed by atoms with Crippen molar-refractivity contribution in [2.45, 2.75) is 37.6 Å². The summed E-state index contributed by atoms with van der Waals surface area (Å²) in [6.45, 7) is 1.19. The predicted octanol–water partition coefficient (Wildman–Crippen LogP) is 3.95. The molecule has 5 nitrogen and oxygen atoms in total. The summed E-state index contributed by atoms with van der Waals surface area (Å²) >= 11 is 0.539. The van der Waals surface area contributed by atoms with Gasteiger partial charge in [-0.25, -0.2) is 4.98 Å². The highest BCUT2D eigenvalue weighted by molar-refractivity contribution is 8.00. The molecular weight excluding hydrogens is 384 g/mol. The molecule has 2 bridgehead atoms. The van der Waals surface area contributed by atoms with E-state index in [2.05, 4.69) is 10.3 Å². The molecule has 8 heteroatoms. The number of fused-ring (bicyclic) bond motifs is 2. The molecule has 28 heavy (non-hydrogen) atoms. The van der Waals surface area contributed by atoms with Gasteiger partial charge in [0, 0.05) is 17.1 Å². The van der Waals surface area contributed by atoms with Gasteiger partial charge in [0.05, 0.1) is 24.0 Å². The number of pyridine rings is 1. The third kappa shape index (κ3) is 3.83.